The van der Waals surface area contributed by atoms with Crippen LogP contribution in [-0.2, 0) is 14.4 Å². The number of methoxy groups -OCH3 is 1. The molecular formula is C21H19N3O4. The number of hydrogen-bond acceptors (Lipinski definition) is 6. The summed E-state index contributed by atoms with van der Waals surface area (Å²) in [6.45, 7) is 3.29. The van der Waals surface area contributed by atoms with E-state index >= 15 is 0 Å². The predicted molar refractivity (Wildman–Crippen MR) is 105 cm³/mol. The van der Waals surface area contributed by atoms with Gasteiger partial charge < -0.3 is 4.74 Å². The monoisotopic (exact) mass is 377 g/mol. The van der Waals surface area contributed by atoms with Crippen molar-refractivity contribution in [3.8, 4) is 5.75 Å². The summed E-state index contributed by atoms with van der Waals surface area (Å²) in [7, 11) is 1.54. The van der Waals surface area contributed by atoms with E-state index in [-0.39, 0.29) is 11.5 Å². The molecule has 2 aromatic rings. The first-order valence-corrected chi connectivity index (χ1v) is 8.89. The molecule has 0 aliphatic carbocycles. The van der Waals surface area contributed by atoms with Gasteiger partial charge in [0.15, 0.2) is 5.78 Å². The maximum atomic E-state index is 13.2. The summed E-state index contributed by atoms with van der Waals surface area (Å²) in [5.41, 5.74) is 2.21. The number of ether oxygens (including phenoxy) is 1. The number of imide groups is 1. The first-order valence-electron chi connectivity index (χ1n) is 8.89. The number of carbonyl (C=O) groups excluding carboxylic acids is 3. The fourth-order valence-corrected chi connectivity index (χ4v) is 3.67. The van der Waals surface area contributed by atoms with E-state index in [0.717, 1.165) is 10.5 Å². The third-order valence-corrected chi connectivity index (χ3v) is 5.01. The van der Waals surface area contributed by atoms with Gasteiger partial charge in [-0.3, -0.25) is 19.4 Å². The number of carbonyl (C=O) groups is 3. The van der Waals surface area contributed by atoms with Crippen molar-refractivity contribution in [2.75, 3.05) is 17.0 Å². The van der Waals surface area contributed by atoms with Gasteiger partial charge in [0.1, 0.15) is 23.4 Å². The number of aryl methyl sites for hydroxylation is 1. The average Bonchev–Trinajstić information content (AvgIpc) is 3.19. The highest BCUT2D eigenvalue weighted by Crippen LogP contribution is 2.38. The van der Waals surface area contributed by atoms with Crippen LogP contribution < -0.4 is 14.6 Å². The second kappa shape index (κ2) is 6.60. The van der Waals surface area contributed by atoms with E-state index in [2.05, 4.69) is 5.10 Å². The highest BCUT2D eigenvalue weighted by Gasteiger charge is 2.58. The Morgan fingerprint density at radius 1 is 1.04 bits per heavy atom. The van der Waals surface area contributed by atoms with Crippen molar-refractivity contribution in [2.45, 2.75) is 19.9 Å². The summed E-state index contributed by atoms with van der Waals surface area (Å²) in [6, 6.07) is 13.3. The Morgan fingerprint density at radius 3 is 2.36 bits per heavy atom. The van der Waals surface area contributed by atoms with Crippen LogP contribution in [0, 0.1) is 12.8 Å². The summed E-state index contributed by atoms with van der Waals surface area (Å²) in [5, 5.41) is 5.85. The van der Waals surface area contributed by atoms with Gasteiger partial charge in [0.25, 0.3) is 5.91 Å². The van der Waals surface area contributed by atoms with Crippen molar-refractivity contribution >= 4 is 34.7 Å². The highest BCUT2D eigenvalue weighted by atomic mass is 16.5. The Hall–Kier alpha value is -3.48. The SMILES string of the molecule is COc1ccc(N2C(=O)C3C(C(C)=O)=NN(c4cccc(C)c4)C3C2=O)cc1. The van der Waals surface area contributed by atoms with E-state index in [9.17, 15) is 14.4 Å². The summed E-state index contributed by atoms with van der Waals surface area (Å²) in [5.74, 6) is -1.45. The molecule has 1 saturated heterocycles. The minimum Gasteiger partial charge on any atom is -0.497 e. The van der Waals surface area contributed by atoms with Gasteiger partial charge in [0, 0.05) is 6.92 Å². The molecule has 0 aromatic heterocycles. The normalized spacial score (nSPS) is 21.0. The van der Waals surface area contributed by atoms with Crippen molar-refractivity contribution in [1.82, 2.24) is 0 Å². The topological polar surface area (TPSA) is 79.3 Å². The van der Waals surface area contributed by atoms with Crippen LogP contribution in [0.1, 0.15) is 12.5 Å². The number of nitrogens with zero attached hydrogens (tertiary/aromatic N) is 3. The number of anilines is 2. The average molecular weight is 377 g/mol. The number of hydrazone groups is 1. The number of rotatable bonds is 4. The van der Waals surface area contributed by atoms with Crippen LogP contribution in [0.4, 0.5) is 11.4 Å². The zero-order chi connectivity index (χ0) is 20.0. The molecular weight excluding hydrogens is 358 g/mol. The third kappa shape index (κ3) is 2.67. The molecule has 0 bridgehead atoms. The fraction of sp³-hybridized carbons (Fsp3) is 0.238. The summed E-state index contributed by atoms with van der Waals surface area (Å²) in [4.78, 5) is 39.7. The van der Waals surface area contributed by atoms with Gasteiger partial charge >= 0.3 is 0 Å². The van der Waals surface area contributed by atoms with Gasteiger partial charge in [-0.15, -0.1) is 0 Å². The molecule has 7 nitrogen and oxygen atoms in total. The molecule has 4 rings (SSSR count). The van der Waals surface area contributed by atoms with Gasteiger partial charge in [-0.1, -0.05) is 12.1 Å². The third-order valence-electron chi connectivity index (χ3n) is 5.01. The van der Waals surface area contributed by atoms with Crippen LogP contribution in [0.25, 0.3) is 0 Å². The Bertz CT molecular complexity index is 1010. The van der Waals surface area contributed by atoms with Gasteiger partial charge in [-0.05, 0) is 48.9 Å². The highest BCUT2D eigenvalue weighted by molar-refractivity contribution is 6.48. The number of benzene rings is 2. The molecule has 2 atom stereocenters. The van der Waals surface area contributed by atoms with Crippen LogP contribution in [0.3, 0.4) is 0 Å². The predicted octanol–water partition coefficient (Wildman–Crippen LogP) is 2.33. The van der Waals surface area contributed by atoms with Crippen LogP contribution in [0.2, 0.25) is 0 Å². The van der Waals surface area contributed by atoms with Crippen molar-refractivity contribution < 1.29 is 19.1 Å². The lowest BCUT2D eigenvalue weighted by Gasteiger charge is -2.22. The molecule has 2 heterocycles. The van der Waals surface area contributed by atoms with E-state index in [4.69, 9.17) is 4.74 Å². The molecule has 28 heavy (non-hydrogen) atoms. The Kier molecular flexibility index (Phi) is 4.22. The Balaban J connectivity index is 1.78. The molecule has 2 aromatic carbocycles. The number of hydrogen-bond donors (Lipinski definition) is 0. The molecule has 0 saturated carbocycles. The quantitative estimate of drug-likeness (QED) is 0.764. The maximum Gasteiger partial charge on any atom is 0.259 e. The van der Waals surface area contributed by atoms with Crippen molar-refractivity contribution in [2.24, 2.45) is 11.0 Å². The minimum atomic E-state index is -0.910. The lowest BCUT2D eigenvalue weighted by molar-refractivity contribution is -0.122. The van der Waals surface area contributed by atoms with Crippen LogP contribution in [0.5, 0.6) is 5.75 Å². The van der Waals surface area contributed by atoms with Gasteiger partial charge in [-0.2, -0.15) is 5.10 Å². The first-order chi connectivity index (χ1) is 13.4. The van der Waals surface area contributed by atoms with Crippen LogP contribution in [-0.4, -0.2) is 36.5 Å². The summed E-state index contributed by atoms with van der Waals surface area (Å²) in [6.07, 6.45) is 0. The minimum absolute atomic E-state index is 0.112. The molecule has 1 fully saturated rings. The Morgan fingerprint density at radius 2 is 1.75 bits per heavy atom. The molecule has 7 heteroatoms. The largest absolute Gasteiger partial charge is 0.497 e. The lowest BCUT2D eigenvalue weighted by Crippen LogP contribution is -2.39. The van der Waals surface area contributed by atoms with Gasteiger partial charge in [0.05, 0.1) is 18.5 Å². The molecule has 2 aliphatic rings. The maximum absolute atomic E-state index is 13.2. The summed E-state index contributed by atoms with van der Waals surface area (Å²) < 4.78 is 5.13. The van der Waals surface area contributed by atoms with E-state index in [1.165, 1.54) is 11.9 Å². The van der Waals surface area contributed by atoms with Gasteiger partial charge in [0.2, 0.25) is 5.91 Å². The molecule has 0 spiro atoms. The smallest absolute Gasteiger partial charge is 0.259 e. The first kappa shape index (κ1) is 17.9. The number of ketones is 1. The van der Waals surface area contributed by atoms with E-state index in [1.807, 2.05) is 31.2 Å². The zero-order valence-corrected chi connectivity index (χ0v) is 15.7. The number of fused-ring (bicyclic) bond motifs is 1. The molecule has 0 N–H and O–H groups in total. The molecule has 142 valence electrons. The summed E-state index contributed by atoms with van der Waals surface area (Å²) >= 11 is 0. The molecule has 2 amide bonds. The fourth-order valence-electron chi connectivity index (χ4n) is 3.67. The second-order valence-electron chi connectivity index (χ2n) is 6.86. The van der Waals surface area contributed by atoms with E-state index in [1.54, 1.807) is 31.4 Å². The van der Waals surface area contributed by atoms with Crippen molar-refractivity contribution in [3.05, 3.63) is 54.1 Å². The van der Waals surface area contributed by atoms with E-state index in [0.29, 0.717) is 17.1 Å². The second-order valence-corrected chi connectivity index (χ2v) is 6.86. The van der Waals surface area contributed by atoms with Gasteiger partial charge in [-0.25, -0.2) is 4.90 Å². The van der Waals surface area contributed by atoms with Crippen LogP contribution >= 0.6 is 0 Å². The van der Waals surface area contributed by atoms with Crippen LogP contribution in [0.15, 0.2) is 53.6 Å². The molecule has 2 aliphatic heterocycles. The zero-order valence-electron chi connectivity index (χ0n) is 15.7. The molecule has 0 radical (unpaired) electrons. The number of amides is 2. The van der Waals surface area contributed by atoms with E-state index < -0.39 is 23.8 Å². The standard InChI is InChI=1S/C21H19N3O4/c1-12-5-4-6-15(11-12)24-19-17(18(22-24)13(2)25)20(26)23(21(19)27)14-7-9-16(28-3)10-8-14/h4-11,17,19H,1-3H3. The lowest BCUT2D eigenvalue weighted by atomic mass is 9.95. The Labute approximate surface area is 162 Å². The van der Waals surface area contributed by atoms with Crippen molar-refractivity contribution in [3.63, 3.8) is 0 Å². The van der Waals surface area contributed by atoms with Crippen molar-refractivity contribution in [1.29, 1.82) is 0 Å². The number of Topliss-reactive ketones (excluding diaryl/α,β-unsaturated/α-hetero) is 1. The molecule has 2 unspecified atom stereocenters.